The molecule has 4 nitrogen and oxygen atoms in total. The first-order valence-corrected chi connectivity index (χ1v) is 6.54. The van der Waals surface area contributed by atoms with E-state index < -0.39 is 0 Å². The maximum atomic E-state index is 12.0. The molecule has 4 heteroatoms. The molecule has 1 aromatic rings. The first-order valence-electron chi connectivity index (χ1n) is 6.54. The molecule has 0 spiro atoms. The fraction of sp³-hybridized carbons (Fsp3) is 0.571. The van der Waals surface area contributed by atoms with Gasteiger partial charge in [0.05, 0.1) is 5.56 Å². The van der Waals surface area contributed by atoms with Crippen LogP contribution in [0.25, 0.3) is 0 Å². The van der Waals surface area contributed by atoms with Gasteiger partial charge < -0.3 is 9.88 Å². The van der Waals surface area contributed by atoms with E-state index in [0.29, 0.717) is 5.56 Å². The van der Waals surface area contributed by atoms with Gasteiger partial charge in [0.25, 0.3) is 5.91 Å². The molecule has 1 heterocycles. The Morgan fingerprint density at radius 3 is 2.56 bits per heavy atom. The standard InChI is InChI=1S/C14H20N2O2/c1-10-3-6-12(7-4-10)15-14(18)11-5-8-13(17)16(2)9-11/h5,8-10,12H,3-4,6-7H2,1-2H3,(H,15,18). The zero-order valence-electron chi connectivity index (χ0n) is 11.0. The van der Waals surface area contributed by atoms with Gasteiger partial charge in [-0.05, 0) is 37.7 Å². The van der Waals surface area contributed by atoms with Crippen molar-refractivity contribution >= 4 is 5.91 Å². The predicted octanol–water partition coefficient (Wildman–Crippen LogP) is 1.69. The van der Waals surface area contributed by atoms with E-state index in [4.69, 9.17) is 0 Å². The van der Waals surface area contributed by atoms with Crippen molar-refractivity contribution in [1.29, 1.82) is 0 Å². The zero-order chi connectivity index (χ0) is 13.1. The summed E-state index contributed by atoms with van der Waals surface area (Å²) in [6, 6.07) is 3.30. The Morgan fingerprint density at radius 1 is 1.28 bits per heavy atom. The van der Waals surface area contributed by atoms with Crippen LogP contribution >= 0.6 is 0 Å². The smallest absolute Gasteiger partial charge is 0.252 e. The minimum absolute atomic E-state index is 0.0786. The Morgan fingerprint density at radius 2 is 1.94 bits per heavy atom. The van der Waals surface area contributed by atoms with Crippen molar-refractivity contribution < 1.29 is 4.79 Å². The monoisotopic (exact) mass is 248 g/mol. The number of aryl methyl sites for hydroxylation is 1. The Hall–Kier alpha value is -1.58. The molecule has 1 N–H and O–H groups in total. The molecule has 1 amide bonds. The lowest BCUT2D eigenvalue weighted by molar-refractivity contribution is 0.0922. The van der Waals surface area contributed by atoms with Crippen molar-refractivity contribution in [3.63, 3.8) is 0 Å². The van der Waals surface area contributed by atoms with Crippen molar-refractivity contribution in [2.45, 2.75) is 38.6 Å². The van der Waals surface area contributed by atoms with E-state index in [-0.39, 0.29) is 17.5 Å². The van der Waals surface area contributed by atoms with Crippen molar-refractivity contribution in [2.24, 2.45) is 13.0 Å². The Kier molecular flexibility index (Phi) is 3.84. The highest BCUT2D eigenvalue weighted by Gasteiger charge is 2.20. The van der Waals surface area contributed by atoms with Gasteiger partial charge in [-0.2, -0.15) is 0 Å². The molecule has 1 aromatic heterocycles. The van der Waals surface area contributed by atoms with Crippen LogP contribution in [0.5, 0.6) is 0 Å². The lowest BCUT2D eigenvalue weighted by Crippen LogP contribution is -2.37. The molecule has 2 rings (SSSR count). The molecular formula is C14H20N2O2. The maximum Gasteiger partial charge on any atom is 0.252 e. The zero-order valence-corrected chi connectivity index (χ0v) is 11.0. The number of nitrogens with one attached hydrogen (secondary N) is 1. The SMILES string of the molecule is CC1CCC(NC(=O)c2ccc(=O)n(C)c2)CC1. The Balaban J connectivity index is 1.99. The van der Waals surface area contributed by atoms with Crippen LogP contribution in [0.15, 0.2) is 23.1 Å². The second kappa shape index (κ2) is 5.38. The number of amides is 1. The van der Waals surface area contributed by atoms with Crippen molar-refractivity contribution in [3.05, 3.63) is 34.2 Å². The summed E-state index contributed by atoms with van der Waals surface area (Å²) in [6.07, 6.45) is 6.05. The summed E-state index contributed by atoms with van der Waals surface area (Å²) in [4.78, 5) is 23.3. The molecule has 1 aliphatic carbocycles. The third-order valence-electron chi connectivity index (χ3n) is 3.70. The second-order valence-corrected chi connectivity index (χ2v) is 5.30. The third kappa shape index (κ3) is 3.00. The van der Waals surface area contributed by atoms with E-state index in [2.05, 4.69) is 12.2 Å². The first kappa shape index (κ1) is 12.9. The molecule has 0 atom stereocenters. The molecule has 1 saturated carbocycles. The van der Waals surface area contributed by atoms with Gasteiger partial charge in [0.1, 0.15) is 0 Å². The van der Waals surface area contributed by atoms with Gasteiger partial charge in [-0.1, -0.05) is 6.92 Å². The summed E-state index contributed by atoms with van der Waals surface area (Å²) in [5, 5.41) is 3.05. The Labute approximate surface area is 107 Å². The number of carbonyl (C=O) groups is 1. The number of aromatic nitrogens is 1. The predicted molar refractivity (Wildman–Crippen MR) is 70.6 cm³/mol. The number of rotatable bonds is 2. The van der Waals surface area contributed by atoms with Crippen LogP contribution in [0, 0.1) is 5.92 Å². The highest BCUT2D eigenvalue weighted by molar-refractivity contribution is 5.94. The quantitative estimate of drug-likeness (QED) is 0.866. The molecule has 0 bridgehead atoms. The molecule has 0 unspecified atom stereocenters. The molecule has 0 aromatic carbocycles. The van der Waals surface area contributed by atoms with Crippen LogP contribution in [0.3, 0.4) is 0 Å². The first-order chi connectivity index (χ1) is 8.56. The molecule has 1 fully saturated rings. The van der Waals surface area contributed by atoms with Crippen LogP contribution < -0.4 is 10.9 Å². The van der Waals surface area contributed by atoms with Gasteiger partial charge in [-0.25, -0.2) is 0 Å². The van der Waals surface area contributed by atoms with E-state index in [1.54, 1.807) is 19.3 Å². The summed E-state index contributed by atoms with van der Waals surface area (Å²) in [5.41, 5.74) is 0.453. The summed E-state index contributed by atoms with van der Waals surface area (Å²) in [5.74, 6) is 0.695. The lowest BCUT2D eigenvalue weighted by atomic mass is 9.87. The molecule has 1 aliphatic rings. The van der Waals surface area contributed by atoms with E-state index >= 15 is 0 Å². The highest BCUT2D eigenvalue weighted by Crippen LogP contribution is 2.23. The van der Waals surface area contributed by atoms with E-state index in [0.717, 1.165) is 18.8 Å². The minimum atomic E-state index is -0.0990. The fourth-order valence-electron chi connectivity index (χ4n) is 2.40. The van der Waals surface area contributed by atoms with Crippen molar-refractivity contribution in [3.8, 4) is 0 Å². The number of nitrogens with zero attached hydrogens (tertiary/aromatic N) is 1. The van der Waals surface area contributed by atoms with Crippen LogP contribution in [-0.4, -0.2) is 16.5 Å². The summed E-state index contributed by atoms with van der Waals surface area (Å²) in [6.45, 7) is 2.25. The van der Waals surface area contributed by atoms with Gasteiger partial charge in [0.15, 0.2) is 0 Å². The summed E-state index contributed by atoms with van der Waals surface area (Å²) < 4.78 is 1.43. The van der Waals surface area contributed by atoms with Crippen LogP contribution in [-0.2, 0) is 7.05 Å². The second-order valence-electron chi connectivity index (χ2n) is 5.30. The highest BCUT2D eigenvalue weighted by atomic mass is 16.2. The fourth-order valence-corrected chi connectivity index (χ4v) is 2.40. The van der Waals surface area contributed by atoms with Gasteiger partial charge >= 0.3 is 0 Å². The van der Waals surface area contributed by atoms with Crippen molar-refractivity contribution in [2.75, 3.05) is 0 Å². The maximum absolute atomic E-state index is 12.0. The summed E-state index contributed by atoms with van der Waals surface area (Å²) >= 11 is 0. The lowest BCUT2D eigenvalue weighted by Gasteiger charge is -2.26. The summed E-state index contributed by atoms with van der Waals surface area (Å²) in [7, 11) is 1.65. The molecule has 0 saturated heterocycles. The Bertz CT molecular complexity index is 485. The molecule has 98 valence electrons. The van der Waals surface area contributed by atoms with E-state index in [1.807, 2.05) is 0 Å². The van der Waals surface area contributed by atoms with Gasteiger partial charge in [-0.15, -0.1) is 0 Å². The number of pyridine rings is 1. The van der Waals surface area contributed by atoms with Gasteiger partial charge in [0.2, 0.25) is 5.56 Å². The van der Waals surface area contributed by atoms with Crippen LogP contribution in [0.4, 0.5) is 0 Å². The van der Waals surface area contributed by atoms with Crippen LogP contribution in [0.2, 0.25) is 0 Å². The van der Waals surface area contributed by atoms with Crippen molar-refractivity contribution in [1.82, 2.24) is 9.88 Å². The number of hydrogen-bond acceptors (Lipinski definition) is 2. The topological polar surface area (TPSA) is 51.1 Å². The normalized spacial score (nSPS) is 23.7. The molecule has 0 aliphatic heterocycles. The average molecular weight is 248 g/mol. The average Bonchev–Trinajstić information content (AvgIpc) is 2.35. The van der Waals surface area contributed by atoms with E-state index in [1.165, 1.54) is 23.5 Å². The molecule has 0 radical (unpaired) electrons. The van der Waals surface area contributed by atoms with Gasteiger partial charge in [-0.3, -0.25) is 9.59 Å². The van der Waals surface area contributed by atoms with E-state index in [9.17, 15) is 9.59 Å². The minimum Gasteiger partial charge on any atom is -0.349 e. The third-order valence-corrected chi connectivity index (χ3v) is 3.70. The largest absolute Gasteiger partial charge is 0.349 e. The number of carbonyl (C=O) groups excluding carboxylic acids is 1. The van der Waals surface area contributed by atoms with Crippen LogP contribution in [0.1, 0.15) is 43.0 Å². The molecular weight excluding hydrogens is 228 g/mol. The number of hydrogen-bond donors (Lipinski definition) is 1. The van der Waals surface area contributed by atoms with Gasteiger partial charge in [0, 0.05) is 25.4 Å². The molecule has 18 heavy (non-hydrogen) atoms.